The highest BCUT2D eigenvalue weighted by atomic mass is 16.1. The number of Topliss-reactive ketones (excluding diaryl/α,β-unsaturated/α-hetero) is 1. The van der Waals surface area contributed by atoms with E-state index in [4.69, 9.17) is 0 Å². The van der Waals surface area contributed by atoms with Gasteiger partial charge in [0.25, 0.3) is 0 Å². The largest absolute Gasteiger partial charge is 0.353 e. The SMILES string of the molecule is C=CC(=O)NCCC1CCCCC1=O. The van der Waals surface area contributed by atoms with E-state index in [1.54, 1.807) is 0 Å². The molecule has 1 N–H and O–H groups in total. The molecule has 0 bridgehead atoms. The van der Waals surface area contributed by atoms with Gasteiger partial charge in [0.1, 0.15) is 5.78 Å². The fourth-order valence-corrected chi connectivity index (χ4v) is 1.80. The van der Waals surface area contributed by atoms with Crippen LogP contribution in [0.5, 0.6) is 0 Å². The maximum absolute atomic E-state index is 11.4. The normalized spacial score (nSPS) is 21.7. The van der Waals surface area contributed by atoms with Gasteiger partial charge in [-0.3, -0.25) is 9.59 Å². The average Bonchev–Trinajstić information content (AvgIpc) is 2.20. The van der Waals surface area contributed by atoms with Gasteiger partial charge in [0.05, 0.1) is 0 Å². The van der Waals surface area contributed by atoms with Crippen molar-refractivity contribution in [1.82, 2.24) is 5.32 Å². The van der Waals surface area contributed by atoms with Gasteiger partial charge in [-0.05, 0) is 25.3 Å². The lowest BCUT2D eigenvalue weighted by molar-refractivity contribution is -0.125. The smallest absolute Gasteiger partial charge is 0.243 e. The summed E-state index contributed by atoms with van der Waals surface area (Å²) >= 11 is 0. The second kappa shape index (κ2) is 5.58. The summed E-state index contributed by atoms with van der Waals surface area (Å²) in [6.07, 6.45) is 5.92. The third kappa shape index (κ3) is 3.32. The van der Waals surface area contributed by atoms with Gasteiger partial charge in [0.15, 0.2) is 0 Å². The van der Waals surface area contributed by atoms with Crippen LogP contribution in [0.4, 0.5) is 0 Å². The van der Waals surface area contributed by atoms with Gasteiger partial charge >= 0.3 is 0 Å². The monoisotopic (exact) mass is 195 g/mol. The molecule has 1 amide bonds. The Morgan fingerprint density at radius 1 is 1.57 bits per heavy atom. The number of amides is 1. The maximum atomic E-state index is 11.4. The third-order valence-corrected chi connectivity index (χ3v) is 2.66. The predicted molar refractivity (Wildman–Crippen MR) is 54.8 cm³/mol. The molecule has 78 valence electrons. The summed E-state index contributed by atoms with van der Waals surface area (Å²) in [7, 11) is 0. The summed E-state index contributed by atoms with van der Waals surface area (Å²) in [6, 6.07) is 0. The zero-order valence-electron chi connectivity index (χ0n) is 8.42. The Kier molecular flexibility index (Phi) is 4.36. The van der Waals surface area contributed by atoms with Gasteiger partial charge in [-0.1, -0.05) is 13.0 Å². The minimum absolute atomic E-state index is 0.159. The molecule has 1 rings (SSSR count). The summed E-state index contributed by atoms with van der Waals surface area (Å²) in [5, 5.41) is 2.69. The molecule has 3 heteroatoms. The first-order valence-electron chi connectivity index (χ1n) is 5.17. The number of carbonyl (C=O) groups is 2. The molecule has 0 aromatic rings. The second-order valence-corrected chi connectivity index (χ2v) is 3.69. The van der Waals surface area contributed by atoms with Gasteiger partial charge in [-0.15, -0.1) is 0 Å². The predicted octanol–water partition coefficient (Wildman–Crippen LogP) is 1.44. The van der Waals surface area contributed by atoms with E-state index >= 15 is 0 Å². The lowest BCUT2D eigenvalue weighted by Crippen LogP contribution is -2.27. The van der Waals surface area contributed by atoms with Gasteiger partial charge in [0, 0.05) is 18.9 Å². The number of hydrogen-bond donors (Lipinski definition) is 1. The zero-order valence-corrected chi connectivity index (χ0v) is 8.42. The standard InChI is InChI=1S/C11H17NO2/c1-2-11(14)12-8-7-9-5-3-4-6-10(9)13/h2,9H,1,3-8H2,(H,12,14). The van der Waals surface area contributed by atoms with Crippen LogP contribution in [-0.2, 0) is 9.59 Å². The first kappa shape index (κ1) is 11.0. The molecular formula is C11H17NO2. The fraction of sp³-hybridized carbons (Fsp3) is 0.636. The van der Waals surface area contributed by atoms with E-state index < -0.39 is 0 Å². The summed E-state index contributed by atoms with van der Waals surface area (Å²) in [5.41, 5.74) is 0. The van der Waals surface area contributed by atoms with E-state index in [1.807, 2.05) is 0 Å². The highest BCUT2D eigenvalue weighted by Gasteiger charge is 2.21. The molecule has 0 spiro atoms. The van der Waals surface area contributed by atoms with E-state index in [-0.39, 0.29) is 11.8 Å². The Morgan fingerprint density at radius 3 is 3.00 bits per heavy atom. The van der Waals surface area contributed by atoms with Gasteiger partial charge < -0.3 is 5.32 Å². The molecule has 1 unspecified atom stereocenters. The first-order chi connectivity index (χ1) is 6.74. The second-order valence-electron chi connectivity index (χ2n) is 3.69. The summed E-state index contributed by atoms with van der Waals surface area (Å²) in [4.78, 5) is 22.2. The van der Waals surface area contributed by atoms with Crippen molar-refractivity contribution >= 4 is 11.7 Å². The van der Waals surface area contributed by atoms with Crippen LogP contribution in [0.2, 0.25) is 0 Å². The number of ketones is 1. The van der Waals surface area contributed by atoms with E-state index in [1.165, 1.54) is 6.08 Å². The van der Waals surface area contributed by atoms with Crippen molar-refractivity contribution in [3.05, 3.63) is 12.7 Å². The molecule has 0 aliphatic heterocycles. The molecule has 1 saturated carbocycles. The zero-order chi connectivity index (χ0) is 10.4. The molecule has 0 radical (unpaired) electrons. The van der Waals surface area contributed by atoms with Crippen molar-refractivity contribution in [2.75, 3.05) is 6.54 Å². The molecule has 1 aliphatic carbocycles. The highest BCUT2D eigenvalue weighted by molar-refractivity contribution is 5.87. The molecule has 0 aromatic heterocycles. The molecule has 1 aliphatic rings. The summed E-state index contributed by atoms with van der Waals surface area (Å²) in [5.74, 6) is 0.381. The van der Waals surface area contributed by atoms with E-state index in [2.05, 4.69) is 11.9 Å². The van der Waals surface area contributed by atoms with E-state index in [0.717, 1.165) is 32.1 Å². The van der Waals surface area contributed by atoms with Crippen LogP contribution in [0.1, 0.15) is 32.1 Å². The Morgan fingerprint density at radius 2 is 2.36 bits per heavy atom. The Balaban J connectivity index is 2.19. The number of rotatable bonds is 4. The van der Waals surface area contributed by atoms with Crippen molar-refractivity contribution in [3.63, 3.8) is 0 Å². The fourth-order valence-electron chi connectivity index (χ4n) is 1.80. The third-order valence-electron chi connectivity index (χ3n) is 2.66. The minimum Gasteiger partial charge on any atom is -0.353 e. The van der Waals surface area contributed by atoms with Crippen LogP contribution in [0.15, 0.2) is 12.7 Å². The molecule has 14 heavy (non-hydrogen) atoms. The van der Waals surface area contributed by atoms with Gasteiger partial charge in [-0.25, -0.2) is 0 Å². The molecule has 1 atom stereocenters. The van der Waals surface area contributed by atoms with Crippen LogP contribution in [0, 0.1) is 5.92 Å². The van der Waals surface area contributed by atoms with Crippen LogP contribution in [-0.4, -0.2) is 18.2 Å². The molecule has 3 nitrogen and oxygen atoms in total. The molecule has 0 aromatic carbocycles. The lowest BCUT2D eigenvalue weighted by atomic mass is 9.86. The van der Waals surface area contributed by atoms with Crippen LogP contribution in [0.3, 0.4) is 0 Å². The lowest BCUT2D eigenvalue weighted by Gasteiger charge is -2.20. The topological polar surface area (TPSA) is 46.2 Å². The number of nitrogens with one attached hydrogen (secondary N) is 1. The Hall–Kier alpha value is -1.12. The summed E-state index contributed by atoms with van der Waals surface area (Å²) in [6.45, 7) is 3.95. The van der Waals surface area contributed by atoms with Crippen molar-refractivity contribution in [1.29, 1.82) is 0 Å². The van der Waals surface area contributed by atoms with E-state index in [9.17, 15) is 9.59 Å². The van der Waals surface area contributed by atoms with Gasteiger partial charge in [0.2, 0.25) is 5.91 Å². The van der Waals surface area contributed by atoms with Crippen LogP contribution in [0.25, 0.3) is 0 Å². The Bertz CT molecular complexity index is 235. The number of hydrogen-bond acceptors (Lipinski definition) is 2. The average molecular weight is 195 g/mol. The quantitative estimate of drug-likeness (QED) is 0.690. The minimum atomic E-state index is -0.159. The summed E-state index contributed by atoms with van der Waals surface area (Å²) < 4.78 is 0. The first-order valence-corrected chi connectivity index (χ1v) is 5.17. The van der Waals surface area contributed by atoms with Crippen molar-refractivity contribution in [2.45, 2.75) is 32.1 Å². The van der Waals surface area contributed by atoms with Crippen molar-refractivity contribution in [3.8, 4) is 0 Å². The van der Waals surface area contributed by atoms with Gasteiger partial charge in [-0.2, -0.15) is 0 Å². The van der Waals surface area contributed by atoms with E-state index in [0.29, 0.717) is 12.3 Å². The van der Waals surface area contributed by atoms with Crippen molar-refractivity contribution in [2.24, 2.45) is 5.92 Å². The highest BCUT2D eigenvalue weighted by Crippen LogP contribution is 2.22. The molecule has 0 heterocycles. The number of carbonyl (C=O) groups excluding carboxylic acids is 2. The van der Waals surface area contributed by atoms with Crippen molar-refractivity contribution < 1.29 is 9.59 Å². The van der Waals surface area contributed by atoms with Crippen LogP contribution >= 0.6 is 0 Å². The molecular weight excluding hydrogens is 178 g/mol. The maximum Gasteiger partial charge on any atom is 0.243 e. The van der Waals surface area contributed by atoms with Crippen LogP contribution < -0.4 is 5.32 Å². The molecule has 0 saturated heterocycles. The Labute approximate surface area is 84.6 Å². The molecule has 1 fully saturated rings.